The van der Waals surface area contributed by atoms with E-state index in [0.29, 0.717) is 22.8 Å². The standard InChI is InChI=1S/C22H25N3O5S/c1-22(2,3)14-9-10-18-17(11-14)25(31(4,28)29)12-19(30-18)21(27)24-13-20(26)23-15-7-5-6-8-16(15)24/h5-11,19H,12-13H2,1-4H3,(H,23,26). The number of carbonyl (C=O) groups excluding carboxylic acids is 2. The minimum atomic E-state index is -3.67. The second kappa shape index (κ2) is 7.26. The Labute approximate surface area is 181 Å². The van der Waals surface area contributed by atoms with E-state index in [1.54, 1.807) is 36.4 Å². The SMILES string of the molecule is CC(C)(C)c1ccc2c(c1)N(S(C)(=O)=O)CC(C(=O)N1CC(=O)Nc3ccccc31)O2. The largest absolute Gasteiger partial charge is 0.476 e. The average molecular weight is 444 g/mol. The number of ether oxygens (including phenoxy) is 1. The van der Waals surface area contributed by atoms with Crippen LogP contribution >= 0.6 is 0 Å². The Morgan fingerprint density at radius 3 is 2.52 bits per heavy atom. The molecule has 1 N–H and O–H groups in total. The van der Waals surface area contributed by atoms with Crippen molar-refractivity contribution in [2.75, 3.05) is 33.9 Å². The number of rotatable bonds is 2. The molecule has 2 aromatic carbocycles. The summed E-state index contributed by atoms with van der Waals surface area (Å²) in [5.41, 5.74) is 2.26. The summed E-state index contributed by atoms with van der Waals surface area (Å²) in [5.74, 6) is -0.475. The molecule has 0 spiro atoms. The molecule has 2 amide bonds. The maximum Gasteiger partial charge on any atom is 0.270 e. The molecule has 0 radical (unpaired) electrons. The molecule has 164 valence electrons. The van der Waals surface area contributed by atoms with Gasteiger partial charge in [0.05, 0.1) is 29.9 Å². The highest BCUT2D eigenvalue weighted by Crippen LogP contribution is 2.39. The van der Waals surface area contributed by atoms with Crippen LogP contribution in [0.5, 0.6) is 5.75 Å². The van der Waals surface area contributed by atoms with Crippen molar-refractivity contribution in [3.63, 3.8) is 0 Å². The highest BCUT2D eigenvalue weighted by molar-refractivity contribution is 7.92. The van der Waals surface area contributed by atoms with Crippen molar-refractivity contribution in [2.24, 2.45) is 0 Å². The molecule has 0 fully saturated rings. The first-order valence-corrected chi connectivity index (χ1v) is 11.8. The van der Waals surface area contributed by atoms with Gasteiger partial charge < -0.3 is 10.1 Å². The van der Waals surface area contributed by atoms with Gasteiger partial charge in [-0.2, -0.15) is 0 Å². The van der Waals surface area contributed by atoms with E-state index in [-0.39, 0.29) is 24.4 Å². The van der Waals surface area contributed by atoms with E-state index >= 15 is 0 Å². The van der Waals surface area contributed by atoms with Gasteiger partial charge >= 0.3 is 0 Å². The van der Waals surface area contributed by atoms with Crippen molar-refractivity contribution >= 4 is 38.9 Å². The van der Waals surface area contributed by atoms with Crippen LogP contribution < -0.4 is 19.3 Å². The number of carbonyl (C=O) groups is 2. The van der Waals surface area contributed by atoms with Crippen LogP contribution in [-0.4, -0.2) is 45.7 Å². The molecule has 0 bridgehead atoms. The summed E-state index contributed by atoms with van der Waals surface area (Å²) in [4.78, 5) is 26.8. The first-order chi connectivity index (χ1) is 14.4. The Morgan fingerprint density at radius 2 is 1.84 bits per heavy atom. The lowest BCUT2D eigenvalue weighted by atomic mass is 9.86. The number of hydrogen-bond acceptors (Lipinski definition) is 5. The Kier molecular flexibility index (Phi) is 4.96. The normalized spacial score (nSPS) is 18.6. The topological polar surface area (TPSA) is 96.0 Å². The number of anilines is 3. The lowest BCUT2D eigenvalue weighted by molar-refractivity contribution is -0.127. The predicted molar refractivity (Wildman–Crippen MR) is 119 cm³/mol. The van der Waals surface area contributed by atoms with Gasteiger partial charge in [0.1, 0.15) is 12.3 Å². The van der Waals surface area contributed by atoms with Crippen LogP contribution in [-0.2, 0) is 25.0 Å². The molecule has 1 unspecified atom stereocenters. The van der Waals surface area contributed by atoms with Gasteiger partial charge in [-0.15, -0.1) is 0 Å². The molecule has 2 heterocycles. The highest BCUT2D eigenvalue weighted by atomic mass is 32.2. The van der Waals surface area contributed by atoms with E-state index in [4.69, 9.17) is 4.74 Å². The number of sulfonamides is 1. The second-order valence-corrected chi connectivity index (χ2v) is 10.7. The summed E-state index contributed by atoms with van der Waals surface area (Å²) in [6.45, 7) is 5.78. The molecular weight excluding hydrogens is 418 g/mol. The first-order valence-electron chi connectivity index (χ1n) is 9.94. The van der Waals surface area contributed by atoms with Crippen molar-refractivity contribution in [1.29, 1.82) is 0 Å². The van der Waals surface area contributed by atoms with Crippen LogP contribution in [0.4, 0.5) is 17.1 Å². The van der Waals surface area contributed by atoms with Crippen LogP contribution in [0, 0.1) is 0 Å². The minimum absolute atomic E-state index is 0.162. The smallest absolute Gasteiger partial charge is 0.270 e. The Bertz CT molecular complexity index is 1170. The van der Waals surface area contributed by atoms with Crippen LogP contribution in [0.3, 0.4) is 0 Å². The van der Waals surface area contributed by atoms with Gasteiger partial charge in [-0.25, -0.2) is 8.42 Å². The third-order valence-electron chi connectivity index (χ3n) is 5.41. The molecule has 2 aliphatic rings. The lowest BCUT2D eigenvalue weighted by Gasteiger charge is -2.38. The number of nitrogens with zero attached hydrogens (tertiary/aromatic N) is 2. The lowest BCUT2D eigenvalue weighted by Crippen LogP contribution is -2.54. The molecule has 0 aromatic heterocycles. The second-order valence-electron chi connectivity index (χ2n) is 8.82. The van der Waals surface area contributed by atoms with E-state index in [1.165, 1.54) is 9.21 Å². The number of para-hydroxylation sites is 2. The Hall–Kier alpha value is -3.07. The third-order valence-corrected chi connectivity index (χ3v) is 6.55. The monoisotopic (exact) mass is 443 g/mol. The molecule has 0 saturated heterocycles. The van der Waals surface area contributed by atoms with Crippen LogP contribution in [0.15, 0.2) is 42.5 Å². The van der Waals surface area contributed by atoms with Crippen molar-refractivity contribution < 1.29 is 22.7 Å². The number of fused-ring (bicyclic) bond motifs is 2. The maximum absolute atomic E-state index is 13.4. The summed E-state index contributed by atoms with van der Waals surface area (Å²) < 4.78 is 32.3. The molecule has 2 aliphatic heterocycles. The molecule has 31 heavy (non-hydrogen) atoms. The number of hydrogen-bond donors (Lipinski definition) is 1. The van der Waals surface area contributed by atoms with E-state index < -0.39 is 22.0 Å². The Balaban J connectivity index is 1.72. The summed E-state index contributed by atoms with van der Waals surface area (Å²) in [5, 5.41) is 2.74. The molecule has 2 aromatic rings. The number of benzene rings is 2. The van der Waals surface area contributed by atoms with Crippen molar-refractivity contribution in [1.82, 2.24) is 0 Å². The van der Waals surface area contributed by atoms with Crippen molar-refractivity contribution in [3.05, 3.63) is 48.0 Å². The maximum atomic E-state index is 13.4. The van der Waals surface area contributed by atoms with Gasteiger partial charge in [0.15, 0.2) is 6.10 Å². The quantitative estimate of drug-likeness (QED) is 0.769. The number of nitrogens with one attached hydrogen (secondary N) is 1. The first kappa shape index (κ1) is 21.2. The molecule has 0 aliphatic carbocycles. The fourth-order valence-corrected chi connectivity index (χ4v) is 4.67. The summed E-state index contributed by atoms with van der Waals surface area (Å²) in [6, 6.07) is 12.3. The zero-order chi connectivity index (χ0) is 22.6. The van der Waals surface area contributed by atoms with Crippen molar-refractivity contribution in [2.45, 2.75) is 32.3 Å². The van der Waals surface area contributed by atoms with Gasteiger partial charge in [-0.05, 0) is 35.2 Å². The van der Waals surface area contributed by atoms with Crippen LogP contribution in [0.2, 0.25) is 0 Å². The van der Waals surface area contributed by atoms with Gasteiger partial charge in [-0.3, -0.25) is 18.8 Å². The summed E-state index contributed by atoms with van der Waals surface area (Å²) in [7, 11) is -3.67. The minimum Gasteiger partial charge on any atom is -0.476 e. The average Bonchev–Trinajstić information content (AvgIpc) is 2.70. The zero-order valence-electron chi connectivity index (χ0n) is 17.9. The molecular formula is C22H25N3O5S. The molecule has 1 atom stereocenters. The molecule has 0 saturated carbocycles. The van der Waals surface area contributed by atoms with Crippen molar-refractivity contribution in [3.8, 4) is 5.75 Å². The number of amides is 2. The molecule has 8 nitrogen and oxygen atoms in total. The molecule has 4 rings (SSSR count). The van der Waals surface area contributed by atoms with E-state index in [1.807, 2.05) is 26.8 Å². The fourth-order valence-electron chi connectivity index (χ4n) is 3.76. The van der Waals surface area contributed by atoms with E-state index in [2.05, 4.69) is 5.32 Å². The summed E-state index contributed by atoms with van der Waals surface area (Å²) >= 11 is 0. The zero-order valence-corrected chi connectivity index (χ0v) is 18.7. The van der Waals surface area contributed by atoms with E-state index in [9.17, 15) is 18.0 Å². The van der Waals surface area contributed by atoms with Gasteiger partial charge in [0.25, 0.3) is 5.91 Å². The van der Waals surface area contributed by atoms with E-state index in [0.717, 1.165) is 11.8 Å². The predicted octanol–water partition coefficient (Wildman–Crippen LogP) is 2.50. The third kappa shape index (κ3) is 3.97. The van der Waals surface area contributed by atoms with Gasteiger partial charge in [0, 0.05) is 0 Å². The van der Waals surface area contributed by atoms with Crippen LogP contribution in [0.1, 0.15) is 26.3 Å². The highest BCUT2D eigenvalue weighted by Gasteiger charge is 2.39. The fraction of sp³-hybridized carbons (Fsp3) is 0.364. The van der Waals surface area contributed by atoms with Crippen LogP contribution in [0.25, 0.3) is 0 Å². The molecule has 9 heteroatoms. The van der Waals surface area contributed by atoms with Gasteiger partial charge in [-0.1, -0.05) is 39.0 Å². The van der Waals surface area contributed by atoms with Gasteiger partial charge in [0.2, 0.25) is 15.9 Å². The Morgan fingerprint density at radius 1 is 1.13 bits per heavy atom. The summed E-state index contributed by atoms with van der Waals surface area (Å²) in [6.07, 6.45) is 0.0264.